The van der Waals surface area contributed by atoms with Crippen molar-refractivity contribution in [2.24, 2.45) is 0 Å². The van der Waals surface area contributed by atoms with E-state index in [1.807, 2.05) is 0 Å². The van der Waals surface area contributed by atoms with Crippen LogP contribution in [0.25, 0.3) is 0 Å². The van der Waals surface area contributed by atoms with Gasteiger partial charge in [0.2, 0.25) is 11.8 Å². The Hall–Kier alpha value is -2.51. The Morgan fingerprint density at radius 2 is 1.88 bits per heavy atom. The summed E-state index contributed by atoms with van der Waals surface area (Å²) < 4.78 is 31.1. The van der Waals surface area contributed by atoms with Crippen molar-refractivity contribution in [3.05, 3.63) is 35.4 Å². The molecule has 1 unspecified atom stereocenters. The van der Waals surface area contributed by atoms with Crippen molar-refractivity contribution in [1.29, 1.82) is 0 Å². The van der Waals surface area contributed by atoms with Gasteiger partial charge in [0.25, 0.3) is 0 Å². The molecule has 1 N–H and O–H groups in total. The van der Waals surface area contributed by atoms with E-state index in [2.05, 4.69) is 5.32 Å². The van der Waals surface area contributed by atoms with E-state index in [-0.39, 0.29) is 17.9 Å². The highest BCUT2D eigenvalue weighted by molar-refractivity contribution is 5.91. The second-order valence-corrected chi connectivity index (χ2v) is 6.31. The van der Waals surface area contributed by atoms with E-state index in [9.17, 15) is 23.2 Å². The van der Waals surface area contributed by atoms with Gasteiger partial charge in [0.1, 0.15) is 23.7 Å². The summed E-state index contributed by atoms with van der Waals surface area (Å²) in [6, 6.07) is 1.32. The molecular formula is C18H22F2N2O4. The van der Waals surface area contributed by atoms with Gasteiger partial charge in [0.05, 0.1) is 13.5 Å². The van der Waals surface area contributed by atoms with Crippen molar-refractivity contribution >= 4 is 17.8 Å². The standard InChI is InChI=1S/C18H22F2N2O4/c1-11(17(24)22-6-4-3-5-15(22)18(25)26-2)21-16(23)9-12-7-13(19)10-14(20)8-12/h7-8,10-11,15H,3-6,9H2,1-2H3,(H,21,23)/t11-,15?/m0/s1. The second kappa shape index (κ2) is 8.73. The number of benzene rings is 1. The molecule has 0 radical (unpaired) electrons. The fourth-order valence-corrected chi connectivity index (χ4v) is 3.08. The first-order valence-corrected chi connectivity index (χ1v) is 8.44. The highest BCUT2D eigenvalue weighted by Crippen LogP contribution is 2.19. The normalized spacial score (nSPS) is 18.2. The SMILES string of the molecule is COC(=O)C1CCCCN1C(=O)[C@H](C)NC(=O)Cc1cc(F)cc(F)c1. The van der Waals surface area contributed by atoms with Gasteiger partial charge >= 0.3 is 5.97 Å². The Morgan fingerprint density at radius 1 is 1.23 bits per heavy atom. The average molecular weight is 368 g/mol. The van der Waals surface area contributed by atoms with Crippen LogP contribution >= 0.6 is 0 Å². The maximum Gasteiger partial charge on any atom is 0.328 e. The zero-order valence-electron chi connectivity index (χ0n) is 14.8. The van der Waals surface area contributed by atoms with Crippen LogP contribution in [0.3, 0.4) is 0 Å². The Bertz CT molecular complexity index is 676. The van der Waals surface area contributed by atoms with E-state index in [0.717, 1.165) is 31.0 Å². The van der Waals surface area contributed by atoms with Crippen LogP contribution in [-0.2, 0) is 25.5 Å². The zero-order valence-corrected chi connectivity index (χ0v) is 14.8. The fourth-order valence-electron chi connectivity index (χ4n) is 3.08. The van der Waals surface area contributed by atoms with Crippen LogP contribution in [0, 0.1) is 11.6 Å². The van der Waals surface area contributed by atoms with Gasteiger partial charge in [-0.1, -0.05) is 0 Å². The quantitative estimate of drug-likeness (QED) is 0.801. The first-order chi connectivity index (χ1) is 12.3. The molecule has 6 nitrogen and oxygen atoms in total. The number of esters is 1. The molecule has 2 atom stereocenters. The minimum Gasteiger partial charge on any atom is -0.467 e. The van der Waals surface area contributed by atoms with E-state index in [1.54, 1.807) is 0 Å². The maximum atomic E-state index is 13.2. The smallest absolute Gasteiger partial charge is 0.328 e. The molecule has 26 heavy (non-hydrogen) atoms. The molecule has 1 aliphatic rings. The predicted molar refractivity (Wildman–Crippen MR) is 89.0 cm³/mol. The lowest BCUT2D eigenvalue weighted by molar-refractivity contribution is -0.155. The molecule has 1 aliphatic heterocycles. The van der Waals surface area contributed by atoms with Gasteiger partial charge in [-0.2, -0.15) is 0 Å². The molecule has 2 rings (SSSR count). The number of carbonyl (C=O) groups is 3. The van der Waals surface area contributed by atoms with Crippen molar-refractivity contribution < 1.29 is 27.9 Å². The summed E-state index contributed by atoms with van der Waals surface area (Å²) in [5.41, 5.74) is 0.171. The van der Waals surface area contributed by atoms with Gasteiger partial charge in [-0.3, -0.25) is 9.59 Å². The topological polar surface area (TPSA) is 75.7 Å². The summed E-state index contributed by atoms with van der Waals surface area (Å²) in [7, 11) is 1.27. The summed E-state index contributed by atoms with van der Waals surface area (Å²) >= 11 is 0. The summed E-state index contributed by atoms with van der Waals surface area (Å²) in [5, 5.41) is 2.51. The summed E-state index contributed by atoms with van der Waals surface area (Å²) in [4.78, 5) is 38.0. The third-order valence-electron chi connectivity index (χ3n) is 4.29. The average Bonchev–Trinajstić information content (AvgIpc) is 2.59. The molecule has 1 aromatic carbocycles. The van der Waals surface area contributed by atoms with Crippen LogP contribution in [0.2, 0.25) is 0 Å². The molecule has 2 amide bonds. The van der Waals surface area contributed by atoms with Crippen LogP contribution in [0.15, 0.2) is 18.2 Å². The van der Waals surface area contributed by atoms with E-state index in [0.29, 0.717) is 13.0 Å². The van der Waals surface area contributed by atoms with Crippen molar-refractivity contribution in [3.8, 4) is 0 Å². The molecule has 1 fully saturated rings. The van der Waals surface area contributed by atoms with Crippen molar-refractivity contribution in [3.63, 3.8) is 0 Å². The van der Waals surface area contributed by atoms with Crippen LogP contribution in [0.4, 0.5) is 8.78 Å². The van der Waals surface area contributed by atoms with E-state index in [1.165, 1.54) is 18.9 Å². The van der Waals surface area contributed by atoms with Gasteiger partial charge in [-0.05, 0) is 43.9 Å². The molecule has 0 aliphatic carbocycles. The van der Waals surface area contributed by atoms with Crippen molar-refractivity contribution in [2.45, 2.75) is 44.7 Å². The Balaban J connectivity index is 1.98. The number of hydrogen-bond donors (Lipinski definition) is 1. The molecule has 1 saturated heterocycles. The maximum absolute atomic E-state index is 13.2. The molecule has 0 aromatic heterocycles. The lowest BCUT2D eigenvalue weighted by Crippen LogP contribution is -2.55. The molecule has 0 bridgehead atoms. The molecule has 1 aromatic rings. The lowest BCUT2D eigenvalue weighted by atomic mass is 10.0. The zero-order chi connectivity index (χ0) is 19.3. The molecule has 0 saturated carbocycles. The number of piperidine rings is 1. The number of rotatable bonds is 5. The number of ether oxygens (including phenoxy) is 1. The number of likely N-dealkylation sites (tertiary alicyclic amines) is 1. The Labute approximate surface area is 150 Å². The molecule has 0 spiro atoms. The Morgan fingerprint density at radius 3 is 2.50 bits per heavy atom. The van der Waals surface area contributed by atoms with E-state index in [4.69, 9.17) is 4.74 Å². The highest BCUT2D eigenvalue weighted by atomic mass is 19.1. The summed E-state index contributed by atoms with van der Waals surface area (Å²) in [5.74, 6) is -2.95. The summed E-state index contributed by atoms with van der Waals surface area (Å²) in [6.45, 7) is 1.92. The van der Waals surface area contributed by atoms with Crippen LogP contribution in [-0.4, -0.2) is 48.4 Å². The largest absolute Gasteiger partial charge is 0.467 e. The fraction of sp³-hybridized carbons (Fsp3) is 0.500. The molecule has 1 heterocycles. The first-order valence-electron chi connectivity index (χ1n) is 8.44. The van der Waals surface area contributed by atoms with Gasteiger partial charge in [0, 0.05) is 12.6 Å². The summed E-state index contributed by atoms with van der Waals surface area (Å²) in [6.07, 6.45) is 1.84. The van der Waals surface area contributed by atoms with Gasteiger partial charge in [-0.15, -0.1) is 0 Å². The van der Waals surface area contributed by atoms with E-state index < -0.39 is 35.6 Å². The Kier molecular flexibility index (Phi) is 6.65. The number of nitrogens with zero attached hydrogens (tertiary/aromatic N) is 1. The first kappa shape index (κ1) is 19.8. The van der Waals surface area contributed by atoms with E-state index >= 15 is 0 Å². The number of carbonyl (C=O) groups excluding carboxylic acids is 3. The monoisotopic (exact) mass is 368 g/mol. The van der Waals surface area contributed by atoms with Crippen molar-refractivity contribution in [1.82, 2.24) is 10.2 Å². The van der Waals surface area contributed by atoms with Crippen LogP contribution in [0.5, 0.6) is 0 Å². The number of hydrogen-bond acceptors (Lipinski definition) is 4. The third-order valence-corrected chi connectivity index (χ3v) is 4.29. The third kappa shape index (κ3) is 5.00. The molecular weight excluding hydrogens is 346 g/mol. The number of methoxy groups -OCH3 is 1. The van der Waals surface area contributed by atoms with Gasteiger partial charge in [-0.25, -0.2) is 13.6 Å². The minimum atomic E-state index is -0.869. The highest BCUT2D eigenvalue weighted by Gasteiger charge is 2.35. The number of nitrogens with one attached hydrogen (secondary N) is 1. The second-order valence-electron chi connectivity index (χ2n) is 6.31. The van der Waals surface area contributed by atoms with Gasteiger partial charge in [0.15, 0.2) is 0 Å². The van der Waals surface area contributed by atoms with Gasteiger partial charge < -0.3 is 15.0 Å². The molecule has 142 valence electrons. The van der Waals surface area contributed by atoms with Crippen molar-refractivity contribution in [2.75, 3.05) is 13.7 Å². The lowest BCUT2D eigenvalue weighted by Gasteiger charge is -2.35. The number of amides is 2. The number of halogens is 2. The minimum absolute atomic E-state index is 0.171. The van der Waals surface area contributed by atoms with Crippen LogP contribution in [0.1, 0.15) is 31.7 Å². The molecule has 8 heteroatoms. The van der Waals surface area contributed by atoms with Crippen LogP contribution < -0.4 is 5.32 Å². The predicted octanol–water partition coefficient (Wildman–Crippen LogP) is 1.57.